The quantitative estimate of drug-likeness (QED) is 0.412. The van der Waals surface area contributed by atoms with Gasteiger partial charge in [0, 0.05) is 0 Å². The Kier molecular flexibility index (Phi) is 3.65. The van der Waals surface area contributed by atoms with Gasteiger partial charge >= 0.3 is 5.97 Å². The van der Waals surface area contributed by atoms with Crippen LogP contribution in [0.2, 0.25) is 0 Å². The van der Waals surface area contributed by atoms with Gasteiger partial charge in [0.15, 0.2) is 0 Å². The van der Waals surface area contributed by atoms with Gasteiger partial charge in [-0.2, -0.15) is 0 Å². The Hall–Kier alpha value is -1.86. The topological polar surface area (TPSA) is 43.4 Å². The first-order valence-electron chi connectivity index (χ1n) is 4.17. The lowest BCUT2D eigenvalue weighted by Gasteiger charge is -2.02. The molecule has 0 N–H and O–H groups in total. The van der Waals surface area contributed by atoms with Gasteiger partial charge in [0.05, 0.1) is 0 Å². The SMILES string of the molecule is CC(=C=O)C(=O)OCc1ccccc1. The summed E-state index contributed by atoms with van der Waals surface area (Å²) >= 11 is 0. The third kappa shape index (κ3) is 2.88. The van der Waals surface area contributed by atoms with Gasteiger partial charge in [-0.25, -0.2) is 9.59 Å². The van der Waals surface area contributed by atoms with Crippen LogP contribution in [0, 0.1) is 0 Å². The van der Waals surface area contributed by atoms with Crippen molar-refractivity contribution in [2.24, 2.45) is 0 Å². The summed E-state index contributed by atoms with van der Waals surface area (Å²) in [5, 5.41) is 0. The van der Waals surface area contributed by atoms with Crippen molar-refractivity contribution in [3.05, 3.63) is 41.5 Å². The van der Waals surface area contributed by atoms with Gasteiger partial charge in [-0.15, -0.1) is 0 Å². The summed E-state index contributed by atoms with van der Waals surface area (Å²) in [7, 11) is 0. The maximum atomic E-state index is 11.0. The number of ether oxygens (including phenoxy) is 1. The molecule has 0 saturated carbocycles. The highest BCUT2D eigenvalue weighted by Gasteiger charge is 2.05. The van der Waals surface area contributed by atoms with Gasteiger partial charge in [-0.3, -0.25) is 0 Å². The van der Waals surface area contributed by atoms with Crippen LogP contribution in [0.5, 0.6) is 0 Å². The van der Waals surface area contributed by atoms with Crippen molar-refractivity contribution >= 4 is 11.9 Å². The fourth-order valence-corrected chi connectivity index (χ4v) is 0.873. The van der Waals surface area contributed by atoms with Gasteiger partial charge in [0.1, 0.15) is 18.1 Å². The predicted octanol–water partition coefficient (Wildman–Crippen LogP) is 1.51. The van der Waals surface area contributed by atoms with Crippen LogP contribution in [-0.2, 0) is 20.9 Å². The van der Waals surface area contributed by atoms with Crippen LogP contribution in [0.15, 0.2) is 35.9 Å². The molecule has 1 aromatic carbocycles. The van der Waals surface area contributed by atoms with E-state index in [1.165, 1.54) is 12.9 Å². The molecule has 0 heterocycles. The molecule has 0 fully saturated rings. The monoisotopic (exact) mass is 190 g/mol. The second kappa shape index (κ2) is 5.00. The Morgan fingerprint density at radius 2 is 2.00 bits per heavy atom. The molecule has 0 radical (unpaired) electrons. The molecule has 0 amide bonds. The highest BCUT2D eigenvalue weighted by atomic mass is 16.5. The van der Waals surface area contributed by atoms with Crippen molar-refractivity contribution in [1.29, 1.82) is 0 Å². The molecule has 0 saturated heterocycles. The van der Waals surface area contributed by atoms with Crippen molar-refractivity contribution in [1.82, 2.24) is 0 Å². The van der Waals surface area contributed by atoms with Crippen LogP contribution < -0.4 is 0 Å². The van der Waals surface area contributed by atoms with Gasteiger partial charge in [0.25, 0.3) is 0 Å². The van der Waals surface area contributed by atoms with Gasteiger partial charge < -0.3 is 4.74 Å². The Bertz CT molecular complexity index is 361. The van der Waals surface area contributed by atoms with Gasteiger partial charge in [0.2, 0.25) is 0 Å². The van der Waals surface area contributed by atoms with Crippen LogP contribution in [0.4, 0.5) is 0 Å². The lowest BCUT2D eigenvalue weighted by molar-refractivity contribution is -0.140. The summed E-state index contributed by atoms with van der Waals surface area (Å²) in [6.45, 7) is 1.55. The predicted molar refractivity (Wildman–Crippen MR) is 51.1 cm³/mol. The summed E-state index contributed by atoms with van der Waals surface area (Å²) in [4.78, 5) is 21.1. The number of carbonyl (C=O) groups is 1. The minimum absolute atomic E-state index is 0.0408. The zero-order valence-electron chi connectivity index (χ0n) is 7.82. The van der Waals surface area contributed by atoms with Crippen molar-refractivity contribution in [2.45, 2.75) is 13.5 Å². The maximum absolute atomic E-state index is 11.0. The van der Waals surface area contributed by atoms with Crippen LogP contribution in [0.25, 0.3) is 0 Å². The molecule has 72 valence electrons. The molecule has 0 aliphatic rings. The Balaban J connectivity index is 2.50. The van der Waals surface area contributed by atoms with E-state index in [0.29, 0.717) is 0 Å². The van der Waals surface area contributed by atoms with Crippen molar-refractivity contribution < 1.29 is 14.3 Å². The Morgan fingerprint density at radius 3 is 2.57 bits per heavy atom. The highest BCUT2D eigenvalue weighted by molar-refractivity contribution is 5.95. The Labute approximate surface area is 82.0 Å². The van der Waals surface area contributed by atoms with Gasteiger partial charge in [-0.05, 0) is 12.5 Å². The zero-order valence-corrected chi connectivity index (χ0v) is 7.82. The standard InChI is InChI=1S/C11H10O3/c1-9(7-12)11(13)14-8-10-5-3-2-4-6-10/h2-6H,8H2,1H3. The second-order valence-electron chi connectivity index (χ2n) is 2.79. The average molecular weight is 190 g/mol. The van der Waals surface area contributed by atoms with E-state index in [-0.39, 0.29) is 12.2 Å². The summed E-state index contributed by atoms with van der Waals surface area (Å²) in [5.41, 5.74) is 0.848. The van der Waals surface area contributed by atoms with Crippen LogP contribution in [-0.4, -0.2) is 11.9 Å². The molecule has 0 atom stereocenters. The van der Waals surface area contributed by atoms with Gasteiger partial charge in [-0.1, -0.05) is 30.3 Å². The number of esters is 1. The minimum atomic E-state index is -0.621. The molecule has 14 heavy (non-hydrogen) atoms. The molecule has 0 aromatic heterocycles. The maximum Gasteiger partial charge on any atom is 0.345 e. The zero-order chi connectivity index (χ0) is 10.4. The first-order chi connectivity index (χ1) is 6.74. The average Bonchev–Trinajstić information content (AvgIpc) is 2.26. The smallest absolute Gasteiger partial charge is 0.345 e. The molecule has 0 bridgehead atoms. The second-order valence-corrected chi connectivity index (χ2v) is 2.79. The van der Waals surface area contributed by atoms with E-state index in [1.54, 1.807) is 0 Å². The van der Waals surface area contributed by atoms with Crippen LogP contribution in [0.1, 0.15) is 12.5 Å². The number of rotatable bonds is 3. The summed E-state index contributed by atoms with van der Waals surface area (Å²) in [6, 6.07) is 9.26. The largest absolute Gasteiger partial charge is 0.457 e. The van der Waals surface area contributed by atoms with Crippen molar-refractivity contribution in [2.75, 3.05) is 0 Å². The summed E-state index contributed by atoms with van der Waals surface area (Å²) < 4.78 is 4.84. The third-order valence-electron chi connectivity index (χ3n) is 1.67. The molecule has 3 nitrogen and oxygen atoms in total. The molecule has 1 aromatic rings. The number of hydrogen-bond acceptors (Lipinski definition) is 3. The number of benzene rings is 1. The molecular formula is C11H10O3. The highest BCUT2D eigenvalue weighted by Crippen LogP contribution is 2.02. The normalized spacial score (nSPS) is 8.93. The summed E-state index contributed by atoms with van der Waals surface area (Å²) in [6.07, 6.45) is 0. The Morgan fingerprint density at radius 1 is 1.36 bits per heavy atom. The van der Waals surface area contributed by atoms with E-state index in [4.69, 9.17) is 4.74 Å². The molecule has 3 heteroatoms. The van der Waals surface area contributed by atoms with E-state index in [2.05, 4.69) is 0 Å². The summed E-state index contributed by atoms with van der Waals surface area (Å²) in [5.74, 6) is 0.872. The lowest BCUT2D eigenvalue weighted by Crippen LogP contribution is -2.05. The molecular weight excluding hydrogens is 180 g/mol. The lowest BCUT2D eigenvalue weighted by atomic mass is 10.2. The molecule has 0 spiro atoms. The van der Waals surface area contributed by atoms with Crippen molar-refractivity contribution in [3.63, 3.8) is 0 Å². The van der Waals surface area contributed by atoms with Crippen LogP contribution >= 0.6 is 0 Å². The van der Waals surface area contributed by atoms with E-state index in [1.807, 2.05) is 30.3 Å². The van der Waals surface area contributed by atoms with E-state index in [0.717, 1.165) is 5.56 Å². The van der Waals surface area contributed by atoms with Crippen molar-refractivity contribution in [3.8, 4) is 0 Å². The van der Waals surface area contributed by atoms with E-state index in [9.17, 15) is 9.59 Å². The molecule has 0 unspecified atom stereocenters. The first kappa shape index (κ1) is 10.2. The van der Waals surface area contributed by atoms with Crippen LogP contribution in [0.3, 0.4) is 0 Å². The third-order valence-corrected chi connectivity index (χ3v) is 1.67. The van der Waals surface area contributed by atoms with E-state index >= 15 is 0 Å². The fraction of sp³-hybridized carbons (Fsp3) is 0.182. The van der Waals surface area contributed by atoms with E-state index < -0.39 is 5.97 Å². The fourth-order valence-electron chi connectivity index (χ4n) is 0.873. The molecule has 0 aliphatic heterocycles. The minimum Gasteiger partial charge on any atom is -0.457 e. The molecule has 0 aliphatic carbocycles. The number of carbonyl (C=O) groups excluding carboxylic acids is 2. The first-order valence-corrected chi connectivity index (χ1v) is 4.17. The molecule has 1 rings (SSSR count). The number of hydrogen-bond donors (Lipinski definition) is 0.